The molecule has 0 aliphatic heterocycles. The highest BCUT2D eigenvalue weighted by atomic mass is 32.2. The van der Waals surface area contributed by atoms with Gasteiger partial charge >= 0.3 is 0 Å². The maximum Gasteiger partial charge on any atom is 0.285 e. The summed E-state index contributed by atoms with van der Waals surface area (Å²) in [5.74, 6) is 0.651. The summed E-state index contributed by atoms with van der Waals surface area (Å²) >= 11 is 1.56. The van der Waals surface area contributed by atoms with Crippen LogP contribution >= 0.6 is 11.8 Å². The molecule has 1 N–H and O–H groups in total. The van der Waals surface area contributed by atoms with E-state index in [-0.39, 0.29) is 11.4 Å². The molecule has 1 aliphatic rings. The number of carbonyl (C=O) groups is 1. The fourth-order valence-electron chi connectivity index (χ4n) is 1.94. The number of nitrogens with zero attached hydrogens (tertiary/aromatic N) is 2. The minimum absolute atomic E-state index is 0.0605. The quantitative estimate of drug-likeness (QED) is 0.706. The van der Waals surface area contributed by atoms with Crippen molar-refractivity contribution in [1.82, 2.24) is 14.9 Å². The number of methoxy groups -OCH3 is 1. The van der Waals surface area contributed by atoms with Gasteiger partial charge in [0.1, 0.15) is 11.4 Å². The largest absolute Gasteiger partial charge is 0.495 e. The molecule has 1 heterocycles. The molecular formula is C13H19N3O4S2. The standard InChI is InChI=1S/C13H19N3O4S2/c1-20-11-8-10(14-15-12(11)9-4-5-9)13(17)16-22(18,19)7-3-6-21-2/h8-9H,3-7H2,1-2H3,(H,16,17). The third kappa shape index (κ3) is 4.57. The number of hydrogen-bond acceptors (Lipinski definition) is 7. The third-order valence-electron chi connectivity index (χ3n) is 3.21. The Morgan fingerprint density at radius 2 is 2.18 bits per heavy atom. The molecule has 0 bridgehead atoms. The average Bonchev–Trinajstić information content (AvgIpc) is 3.30. The van der Waals surface area contributed by atoms with Crippen molar-refractivity contribution >= 4 is 27.7 Å². The van der Waals surface area contributed by atoms with Crippen LogP contribution in [0.4, 0.5) is 0 Å². The van der Waals surface area contributed by atoms with Gasteiger partial charge in [0.05, 0.1) is 12.9 Å². The van der Waals surface area contributed by atoms with E-state index in [1.54, 1.807) is 11.8 Å². The van der Waals surface area contributed by atoms with Crippen molar-refractivity contribution in [3.63, 3.8) is 0 Å². The summed E-state index contributed by atoms with van der Waals surface area (Å²) in [5.41, 5.74) is 0.663. The minimum Gasteiger partial charge on any atom is -0.495 e. The molecule has 1 aliphatic carbocycles. The monoisotopic (exact) mass is 345 g/mol. The van der Waals surface area contributed by atoms with Gasteiger partial charge in [-0.15, -0.1) is 5.10 Å². The van der Waals surface area contributed by atoms with E-state index >= 15 is 0 Å². The first-order valence-electron chi connectivity index (χ1n) is 6.92. The van der Waals surface area contributed by atoms with Crippen LogP contribution in [0.1, 0.15) is 41.4 Å². The van der Waals surface area contributed by atoms with Gasteiger partial charge < -0.3 is 4.74 Å². The van der Waals surface area contributed by atoms with Gasteiger partial charge in [-0.25, -0.2) is 13.1 Å². The number of nitrogens with one attached hydrogen (secondary N) is 1. The van der Waals surface area contributed by atoms with E-state index in [2.05, 4.69) is 10.2 Å². The van der Waals surface area contributed by atoms with Crippen LogP contribution in [0.3, 0.4) is 0 Å². The molecular weight excluding hydrogens is 326 g/mol. The first-order chi connectivity index (χ1) is 10.5. The number of aromatic nitrogens is 2. The lowest BCUT2D eigenvalue weighted by Crippen LogP contribution is -2.33. The topological polar surface area (TPSA) is 98.2 Å². The number of ether oxygens (including phenoxy) is 1. The Hall–Kier alpha value is -1.35. The van der Waals surface area contributed by atoms with Gasteiger partial charge in [0.15, 0.2) is 5.69 Å². The number of carbonyl (C=O) groups excluding carboxylic acids is 1. The second-order valence-electron chi connectivity index (χ2n) is 5.05. The van der Waals surface area contributed by atoms with E-state index in [0.717, 1.165) is 24.3 Å². The van der Waals surface area contributed by atoms with Crippen molar-refractivity contribution < 1.29 is 17.9 Å². The lowest BCUT2D eigenvalue weighted by molar-refractivity contribution is 0.0975. The minimum atomic E-state index is -3.66. The molecule has 1 fully saturated rings. The fraction of sp³-hybridized carbons (Fsp3) is 0.615. The maximum absolute atomic E-state index is 12.0. The number of thioether (sulfide) groups is 1. The molecule has 122 valence electrons. The summed E-state index contributed by atoms with van der Waals surface area (Å²) < 4.78 is 30.8. The van der Waals surface area contributed by atoms with Crippen LogP contribution in [0.2, 0.25) is 0 Å². The van der Waals surface area contributed by atoms with Crippen LogP contribution in [-0.2, 0) is 10.0 Å². The fourth-order valence-corrected chi connectivity index (χ4v) is 3.57. The summed E-state index contributed by atoms with van der Waals surface area (Å²) in [6.07, 6.45) is 4.44. The molecule has 0 saturated heterocycles. The van der Waals surface area contributed by atoms with Crippen LogP contribution < -0.4 is 9.46 Å². The lowest BCUT2D eigenvalue weighted by Gasteiger charge is -2.09. The molecule has 0 atom stereocenters. The van der Waals surface area contributed by atoms with Crippen molar-refractivity contribution in [2.45, 2.75) is 25.2 Å². The van der Waals surface area contributed by atoms with Crippen molar-refractivity contribution in [2.24, 2.45) is 0 Å². The zero-order valence-electron chi connectivity index (χ0n) is 12.5. The first-order valence-corrected chi connectivity index (χ1v) is 9.97. The summed E-state index contributed by atoms with van der Waals surface area (Å²) in [6.45, 7) is 0. The van der Waals surface area contributed by atoms with Crippen molar-refractivity contribution in [3.05, 3.63) is 17.5 Å². The summed E-state index contributed by atoms with van der Waals surface area (Å²) in [5, 5.41) is 7.82. The third-order valence-corrected chi connectivity index (χ3v) is 5.23. The second kappa shape index (κ2) is 7.28. The van der Waals surface area contributed by atoms with E-state index in [9.17, 15) is 13.2 Å². The first kappa shape index (κ1) is 17.0. The average molecular weight is 345 g/mol. The van der Waals surface area contributed by atoms with E-state index in [1.807, 2.05) is 11.0 Å². The van der Waals surface area contributed by atoms with E-state index in [0.29, 0.717) is 18.1 Å². The molecule has 0 spiro atoms. The van der Waals surface area contributed by atoms with Gasteiger partial charge in [0.25, 0.3) is 5.91 Å². The highest BCUT2D eigenvalue weighted by Gasteiger charge is 2.30. The smallest absolute Gasteiger partial charge is 0.285 e. The highest BCUT2D eigenvalue weighted by molar-refractivity contribution is 7.98. The predicted molar refractivity (Wildman–Crippen MR) is 84.8 cm³/mol. The Labute approximate surface area is 134 Å². The Balaban J connectivity index is 2.06. The van der Waals surface area contributed by atoms with Gasteiger partial charge in [-0.2, -0.15) is 16.9 Å². The van der Waals surface area contributed by atoms with Crippen molar-refractivity contribution in [1.29, 1.82) is 0 Å². The SMILES string of the molecule is COc1cc(C(=O)NS(=O)(=O)CCCSC)nnc1C1CC1. The Morgan fingerprint density at radius 3 is 2.77 bits per heavy atom. The molecule has 1 saturated carbocycles. The number of rotatable bonds is 8. The highest BCUT2D eigenvalue weighted by Crippen LogP contribution is 2.42. The van der Waals surface area contributed by atoms with E-state index in [4.69, 9.17) is 4.74 Å². The van der Waals surface area contributed by atoms with Crippen molar-refractivity contribution in [3.8, 4) is 5.75 Å². The molecule has 22 heavy (non-hydrogen) atoms. The molecule has 7 nitrogen and oxygen atoms in total. The zero-order chi connectivity index (χ0) is 16.2. The van der Waals surface area contributed by atoms with E-state index < -0.39 is 15.9 Å². The lowest BCUT2D eigenvalue weighted by atomic mass is 10.2. The number of hydrogen-bond donors (Lipinski definition) is 1. The Morgan fingerprint density at radius 1 is 1.45 bits per heavy atom. The van der Waals surface area contributed by atoms with Crippen LogP contribution in [0.25, 0.3) is 0 Å². The molecule has 0 radical (unpaired) electrons. The summed E-state index contributed by atoms with van der Waals surface area (Å²) in [6, 6.07) is 1.44. The number of amides is 1. The molecule has 1 aromatic heterocycles. The van der Waals surface area contributed by atoms with E-state index in [1.165, 1.54) is 13.2 Å². The van der Waals surface area contributed by atoms with Gasteiger partial charge in [-0.3, -0.25) is 4.79 Å². The Kier molecular flexibility index (Phi) is 5.63. The molecule has 2 rings (SSSR count). The van der Waals surface area contributed by atoms with Gasteiger partial charge in [-0.05, 0) is 31.3 Å². The van der Waals surface area contributed by atoms with Crippen LogP contribution in [0.15, 0.2) is 6.07 Å². The Bertz CT molecular complexity index is 645. The molecule has 1 amide bonds. The van der Waals surface area contributed by atoms with Crippen LogP contribution in [0, 0.1) is 0 Å². The molecule has 0 unspecified atom stereocenters. The van der Waals surface area contributed by atoms with Crippen molar-refractivity contribution in [2.75, 3.05) is 24.9 Å². The second-order valence-corrected chi connectivity index (χ2v) is 7.88. The van der Waals surface area contributed by atoms with Crippen LogP contribution in [-0.4, -0.2) is 49.4 Å². The van der Waals surface area contributed by atoms with Gasteiger partial charge in [-0.1, -0.05) is 0 Å². The van der Waals surface area contributed by atoms with Crippen LogP contribution in [0.5, 0.6) is 5.75 Å². The zero-order valence-corrected chi connectivity index (χ0v) is 14.2. The summed E-state index contributed by atoms with van der Waals surface area (Å²) in [7, 11) is -2.17. The molecule has 0 aromatic carbocycles. The predicted octanol–water partition coefficient (Wildman–Crippen LogP) is 1.18. The molecule has 9 heteroatoms. The van der Waals surface area contributed by atoms with Gasteiger partial charge in [0.2, 0.25) is 10.0 Å². The maximum atomic E-state index is 12.0. The van der Waals surface area contributed by atoms with Gasteiger partial charge in [0, 0.05) is 12.0 Å². The summed E-state index contributed by atoms with van der Waals surface area (Å²) in [4.78, 5) is 12.0. The molecule has 1 aromatic rings. The normalized spacial score (nSPS) is 14.6. The number of sulfonamides is 1.